The summed E-state index contributed by atoms with van der Waals surface area (Å²) < 4.78 is 0. The molecule has 0 saturated carbocycles. The Bertz CT molecular complexity index is 724. The molecule has 1 amide bonds. The summed E-state index contributed by atoms with van der Waals surface area (Å²) in [4.78, 5) is 14.6. The first kappa shape index (κ1) is 15.6. The molecule has 0 radical (unpaired) electrons. The van der Waals surface area contributed by atoms with Crippen molar-refractivity contribution in [2.24, 2.45) is 0 Å². The normalized spacial score (nSPS) is 18.0. The van der Waals surface area contributed by atoms with Gasteiger partial charge in [0.2, 0.25) is 0 Å². The smallest absolute Gasteiger partial charge is 0.253 e. The summed E-state index contributed by atoms with van der Waals surface area (Å²) in [6.07, 6.45) is 0.957. The van der Waals surface area contributed by atoms with E-state index in [1.807, 2.05) is 22.7 Å². The van der Waals surface area contributed by atoms with Crippen molar-refractivity contribution in [3.8, 4) is 6.07 Å². The zero-order chi connectivity index (χ0) is 16.1. The monoisotopic (exact) mass is 322 g/mol. The lowest BCUT2D eigenvalue weighted by molar-refractivity contribution is 0.0766. The molecule has 1 aliphatic heterocycles. The van der Waals surface area contributed by atoms with E-state index < -0.39 is 0 Å². The Morgan fingerprint density at radius 1 is 1.13 bits per heavy atom. The van der Waals surface area contributed by atoms with Gasteiger partial charge < -0.3 is 4.90 Å². The van der Waals surface area contributed by atoms with Gasteiger partial charge in [-0.1, -0.05) is 36.4 Å². The van der Waals surface area contributed by atoms with Gasteiger partial charge in [-0.05, 0) is 30.2 Å². The van der Waals surface area contributed by atoms with Gasteiger partial charge in [0.05, 0.1) is 11.6 Å². The fourth-order valence-corrected chi connectivity index (χ4v) is 4.04. The van der Waals surface area contributed by atoms with Crippen LogP contribution in [0.4, 0.5) is 0 Å². The fraction of sp³-hybridized carbons (Fsp3) is 0.263. The van der Waals surface area contributed by atoms with E-state index in [4.69, 9.17) is 5.26 Å². The van der Waals surface area contributed by atoms with Crippen molar-refractivity contribution in [1.82, 2.24) is 4.90 Å². The molecule has 0 aromatic heterocycles. The van der Waals surface area contributed by atoms with Crippen molar-refractivity contribution in [2.75, 3.05) is 18.8 Å². The second-order valence-corrected chi connectivity index (χ2v) is 6.85. The van der Waals surface area contributed by atoms with Crippen LogP contribution in [0.1, 0.15) is 33.2 Å². The molecule has 0 N–H and O–H groups in total. The lowest BCUT2D eigenvalue weighted by Gasteiger charge is -2.20. The molecule has 1 aliphatic rings. The maximum atomic E-state index is 12.7. The number of hydrogen-bond acceptors (Lipinski definition) is 3. The van der Waals surface area contributed by atoms with Gasteiger partial charge >= 0.3 is 0 Å². The molecule has 0 aliphatic carbocycles. The Morgan fingerprint density at radius 2 is 1.96 bits per heavy atom. The van der Waals surface area contributed by atoms with Crippen LogP contribution in [0, 0.1) is 11.3 Å². The quantitative estimate of drug-likeness (QED) is 0.843. The molecular formula is C19H18N2OS. The highest BCUT2D eigenvalue weighted by molar-refractivity contribution is 7.99. The second kappa shape index (κ2) is 7.34. The average Bonchev–Trinajstić information content (AvgIpc) is 2.88. The van der Waals surface area contributed by atoms with Gasteiger partial charge in [0.25, 0.3) is 5.91 Å². The highest BCUT2D eigenvalue weighted by Crippen LogP contribution is 2.34. The van der Waals surface area contributed by atoms with Crippen LogP contribution in [-0.2, 0) is 0 Å². The van der Waals surface area contributed by atoms with Gasteiger partial charge in [0.15, 0.2) is 0 Å². The van der Waals surface area contributed by atoms with Crippen LogP contribution < -0.4 is 0 Å². The molecular weight excluding hydrogens is 304 g/mol. The zero-order valence-corrected chi connectivity index (χ0v) is 13.6. The number of amides is 1. The summed E-state index contributed by atoms with van der Waals surface area (Å²) in [5.74, 6) is 0.958. The molecule has 3 nitrogen and oxygen atoms in total. The lowest BCUT2D eigenvalue weighted by Crippen LogP contribution is -2.33. The molecule has 1 unspecified atom stereocenters. The van der Waals surface area contributed by atoms with Gasteiger partial charge in [-0.15, -0.1) is 0 Å². The number of carbonyl (C=O) groups excluding carboxylic acids is 1. The summed E-state index contributed by atoms with van der Waals surface area (Å²) in [5, 5.41) is 9.43. The van der Waals surface area contributed by atoms with E-state index in [1.165, 1.54) is 5.56 Å². The second-order valence-electron chi connectivity index (χ2n) is 5.54. The highest BCUT2D eigenvalue weighted by atomic mass is 32.2. The minimum absolute atomic E-state index is 0.0245. The Morgan fingerprint density at radius 3 is 2.74 bits per heavy atom. The van der Waals surface area contributed by atoms with E-state index in [2.05, 4.69) is 30.3 Å². The van der Waals surface area contributed by atoms with Crippen molar-refractivity contribution in [3.05, 3.63) is 71.3 Å². The molecule has 0 spiro atoms. The van der Waals surface area contributed by atoms with Crippen LogP contribution in [0.15, 0.2) is 54.6 Å². The van der Waals surface area contributed by atoms with Crippen LogP contribution in [0.25, 0.3) is 0 Å². The molecule has 1 saturated heterocycles. The minimum Gasteiger partial charge on any atom is -0.338 e. The number of nitriles is 1. The van der Waals surface area contributed by atoms with E-state index in [9.17, 15) is 4.79 Å². The van der Waals surface area contributed by atoms with Crippen LogP contribution in [0.5, 0.6) is 0 Å². The Labute approximate surface area is 140 Å². The summed E-state index contributed by atoms with van der Waals surface area (Å²) >= 11 is 1.91. The van der Waals surface area contributed by atoms with E-state index in [1.54, 1.807) is 24.3 Å². The summed E-state index contributed by atoms with van der Waals surface area (Å²) in [5.41, 5.74) is 2.47. The maximum Gasteiger partial charge on any atom is 0.253 e. The largest absolute Gasteiger partial charge is 0.338 e. The molecule has 3 rings (SSSR count). The van der Waals surface area contributed by atoms with Crippen molar-refractivity contribution >= 4 is 17.7 Å². The average molecular weight is 322 g/mol. The number of carbonyl (C=O) groups is 1. The molecule has 116 valence electrons. The standard InChI is InChI=1S/C19H18N2OS/c20-14-15-5-4-8-17(13-15)19(22)21-10-9-18(23-12-11-21)16-6-2-1-3-7-16/h1-8,13,18H,9-12H2. The van der Waals surface area contributed by atoms with Gasteiger partial charge in [-0.2, -0.15) is 17.0 Å². The topological polar surface area (TPSA) is 44.1 Å². The number of rotatable bonds is 2. The third-order valence-corrected chi connectivity index (χ3v) is 5.37. The summed E-state index contributed by atoms with van der Waals surface area (Å²) in [6.45, 7) is 1.51. The van der Waals surface area contributed by atoms with E-state index >= 15 is 0 Å². The zero-order valence-electron chi connectivity index (χ0n) is 12.8. The molecule has 2 aromatic rings. The Kier molecular flexibility index (Phi) is 4.99. The van der Waals surface area contributed by atoms with Crippen LogP contribution in [0.2, 0.25) is 0 Å². The fourth-order valence-electron chi connectivity index (χ4n) is 2.81. The molecule has 1 atom stereocenters. The van der Waals surface area contributed by atoms with Gasteiger partial charge in [0.1, 0.15) is 0 Å². The maximum absolute atomic E-state index is 12.7. The van der Waals surface area contributed by atoms with Crippen molar-refractivity contribution in [3.63, 3.8) is 0 Å². The number of nitrogens with zero attached hydrogens (tertiary/aromatic N) is 2. The third kappa shape index (κ3) is 3.75. The SMILES string of the molecule is N#Cc1cccc(C(=O)N2CCSC(c3ccccc3)CC2)c1. The van der Waals surface area contributed by atoms with Crippen LogP contribution in [-0.4, -0.2) is 29.6 Å². The third-order valence-electron chi connectivity index (χ3n) is 4.04. The molecule has 1 fully saturated rings. The van der Waals surface area contributed by atoms with Crippen molar-refractivity contribution in [2.45, 2.75) is 11.7 Å². The number of hydrogen-bond donors (Lipinski definition) is 0. The van der Waals surface area contributed by atoms with Crippen molar-refractivity contribution in [1.29, 1.82) is 5.26 Å². The van der Waals surface area contributed by atoms with Crippen LogP contribution in [0.3, 0.4) is 0 Å². The van der Waals surface area contributed by atoms with Crippen molar-refractivity contribution < 1.29 is 4.79 Å². The van der Waals surface area contributed by atoms with E-state index in [0.717, 1.165) is 25.3 Å². The minimum atomic E-state index is 0.0245. The lowest BCUT2D eigenvalue weighted by atomic mass is 10.1. The molecule has 0 bridgehead atoms. The molecule has 23 heavy (non-hydrogen) atoms. The predicted molar refractivity (Wildman–Crippen MR) is 93.3 cm³/mol. The highest BCUT2D eigenvalue weighted by Gasteiger charge is 2.22. The summed E-state index contributed by atoms with van der Waals surface area (Å²) in [7, 11) is 0. The predicted octanol–water partition coefficient (Wildman–Crippen LogP) is 3.88. The van der Waals surface area contributed by atoms with Gasteiger partial charge in [0, 0.05) is 29.7 Å². The summed E-state index contributed by atoms with van der Waals surface area (Å²) in [6, 6.07) is 19.5. The molecule has 2 aromatic carbocycles. The van der Waals surface area contributed by atoms with E-state index in [-0.39, 0.29) is 5.91 Å². The first-order valence-electron chi connectivity index (χ1n) is 7.74. The number of benzene rings is 2. The van der Waals surface area contributed by atoms with Gasteiger partial charge in [-0.25, -0.2) is 0 Å². The number of thioether (sulfide) groups is 1. The first-order valence-corrected chi connectivity index (χ1v) is 8.79. The molecule has 4 heteroatoms. The first-order chi connectivity index (χ1) is 11.3. The van der Waals surface area contributed by atoms with Crippen LogP contribution >= 0.6 is 11.8 Å². The van der Waals surface area contributed by atoms with Gasteiger partial charge in [-0.3, -0.25) is 4.79 Å². The Balaban J connectivity index is 1.70. The Hall–Kier alpha value is -2.25. The van der Waals surface area contributed by atoms with E-state index in [0.29, 0.717) is 16.4 Å². The molecule has 1 heterocycles.